The molecule has 3 nitrogen and oxygen atoms in total. The Bertz CT molecular complexity index is 382. The Morgan fingerprint density at radius 3 is 2.63 bits per heavy atom. The van der Waals surface area contributed by atoms with Gasteiger partial charge in [-0.2, -0.15) is 0 Å². The molecule has 0 saturated carbocycles. The Labute approximate surface area is 125 Å². The normalized spacial score (nSPS) is 11.3. The van der Waals surface area contributed by atoms with E-state index in [9.17, 15) is 0 Å². The average molecular weight is 329 g/mol. The monoisotopic (exact) mass is 328 g/mol. The number of benzene rings is 1. The van der Waals surface area contributed by atoms with Crippen LogP contribution in [0, 0.1) is 0 Å². The minimum atomic E-state index is 0.550. The van der Waals surface area contributed by atoms with Crippen LogP contribution in [0.4, 0.5) is 0 Å². The van der Waals surface area contributed by atoms with Crippen LogP contribution in [0.1, 0.15) is 26.3 Å². The SMILES string of the molecule is CCN(CCNC(C)C)Cc1ccc(OC)c(Br)c1. The van der Waals surface area contributed by atoms with Gasteiger partial charge in [-0.05, 0) is 40.2 Å². The van der Waals surface area contributed by atoms with E-state index in [0.717, 1.165) is 36.4 Å². The number of nitrogens with one attached hydrogen (secondary N) is 1. The summed E-state index contributed by atoms with van der Waals surface area (Å²) in [6.07, 6.45) is 0. The quantitative estimate of drug-likeness (QED) is 0.792. The summed E-state index contributed by atoms with van der Waals surface area (Å²) in [4.78, 5) is 2.43. The molecular weight excluding hydrogens is 304 g/mol. The molecule has 0 aromatic heterocycles. The summed E-state index contributed by atoms with van der Waals surface area (Å²) in [5, 5.41) is 3.45. The van der Waals surface area contributed by atoms with Crippen molar-refractivity contribution in [1.29, 1.82) is 0 Å². The lowest BCUT2D eigenvalue weighted by Crippen LogP contribution is -2.34. The van der Waals surface area contributed by atoms with Crippen molar-refractivity contribution >= 4 is 15.9 Å². The predicted molar refractivity (Wildman–Crippen MR) is 84.8 cm³/mol. The summed E-state index contributed by atoms with van der Waals surface area (Å²) >= 11 is 3.53. The Balaban J connectivity index is 2.53. The molecule has 1 aromatic rings. The lowest BCUT2D eigenvalue weighted by molar-refractivity contribution is 0.276. The maximum absolute atomic E-state index is 5.25. The molecule has 0 amide bonds. The zero-order valence-corrected chi connectivity index (χ0v) is 14.0. The van der Waals surface area contributed by atoms with Crippen LogP contribution in [0.25, 0.3) is 0 Å². The van der Waals surface area contributed by atoms with E-state index in [2.05, 4.69) is 59.1 Å². The van der Waals surface area contributed by atoms with Crippen LogP contribution in [0.15, 0.2) is 22.7 Å². The van der Waals surface area contributed by atoms with Crippen LogP contribution in [0.2, 0.25) is 0 Å². The van der Waals surface area contributed by atoms with Crippen molar-refractivity contribution in [3.8, 4) is 5.75 Å². The van der Waals surface area contributed by atoms with Gasteiger partial charge in [0, 0.05) is 25.7 Å². The first kappa shape index (κ1) is 16.5. The molecule has 0 saturated heterocycles. The van der Waals surface area contributed by atoms with E-state index < -0.39 is 0 Å². The number of nitrogens with zero attached hydrogens (tertiary/aromatic N) is 1. The molecule has 1 N–H and O–H groups in total. The molecule has 0 unspecified atom stereocenters. The number of likely N-dealkylation sites (N-methyl/N-ethyl adjacent to an activating group) is 1. The van der Waals surface area contributed by atoms with Gasteiger partial charge in [-0.3, -0.25) is 4.90 Å². The van der Waals surface area contributed by atoms with Gasteiger partial charge in [0.15, 0.2) is 0 Å². The molecule has 0 heterocycles. The summed E-state index contributed by atoms with van der Waals surface area (Å²) in [6.45, 7) is 10.7. The Morgan fingerprint density at radius 2 is 2.11 bits per heavy atom. The Kier molecular flexibility index (Phi) is 7.42. The highest BCUT2D eigenvalue weighted by molar-refractivity contribution is 9.10. The molecule has 1 aromatic carbocycles. The van der Waals surface area contributed by atoms with Crippen molar-refractivity contribution < 1.29 is 4.74 Å². The molecule has 0 spiro atoms. The van der Waals surface area contributed by atoms with Crippen LogP contribution < -0.4 is 10.1 Å². The smallest absolute Gasteiger partial charge is 0.133 e. The highest BCUT2D eigenvalue weighted by Gasteiger charge is 2.06. The van der Waals surface area contributed by atoms with Gasteiger partial charge in [0.1, 0.15) is 5.75 Å². The first-order chi connectivity index (χ1) is 9.06. The first-order valence-corrected chi connectivity index (χ1v) is 7.64. The summed E-state index contributed by atoms with van der Waals surface area (Å²) in [7, 11) is 1.69. The van der Waals surface area contributed by atoms with E-state index in [-0.39, 0.29) is 0 Å². The fourth-order valence-electron chi connectivity index (χ4n) is 1.93. The van der Waals surface area contributed by atoms with Crippen molar-refractivity contribution in [3.63, 3.8) is 0 Å². The third kappa shape index (κ3) is 5.93. The van der Waals surface area contributed by atoms with Crippen molar-refractivity contribution in [2.24, 2.45) is 0 Å². The Morgan fingerprint density at radius 1 is 1.37 bits per heavy atom. The number of ether oxygens (including phenoxy) is 1. The summed E-state index contributed by atoms with van der Waals surface area (Å²) in [6, 6.07) is 6.83. The van der Waals surface area contributed by atoms with Gasteiger partial charge in [0.25, 0.3) is 0 Å². The molecule has 19 heavy (non-hydrogen) atoms. The van der Waals surface area contributed by atoms with Crippen LogP contribution in [-0.4, -0.2) is 37.7 Å². The van der Waals surface area contributed by atoms with E-state index in [4.69, 9.17) is 4.74 Å². The minimum absolute atomic E-state index is 0.550. The number of rotatable bonds is 8. The van der Waals surface area contributed by atoms with E-state index in [1.165, 1.54) is 5.56 Å². The second-order valence-corrected chi connectivity index (χ2v) is 5.80. The van der Waals surface area contributed by atoms with Gasteiger partial charge in [-0.25, -0.2) is 0 Å². The molecule has 0 atom stereocenters. The minimum Gasteiger partial charge on any atom is -0.496 e. The second-order valence-electron chi connectivity index (χ2n) is 4.95. The zero-order valence-electron chi connectivity index (χ0n) is 12.4. The molecule has 0 aliphatic carbocycles. The number of methoxy groups -OCH3 is 1. The number of hydrogen-bond donors (Lipinski definition) is 1. The molecule has 0 aliphatic heterocycles. The highest BCUT2D eigenvalue weighted by atomic mass is 79.9. The molecule has 0 aliphatic rings. The fraction of sp³-hybridized carbons (Fsp3) is 0.600. The van der Waals surface area contributed by atoms with Gasteiger partial charge in [-0.15, -0.1) is 0 Å². The second kappa shape index (κ2) is 8.56. The first-order valence-electron chi connectivity index (χ1n) is 6.85. The fourth-order valence-corrected chi connectivity index (χ4v) is 2.51. The van der Waals surface area contributed by atoms with Gasteiger partial charge in [0.05, 0.1) is 11.6 Å². The molecule has 108 valence electrons. The molecule has 0 bridgehead atoms. The van der Waals surface area contributed by atoms with Crippen LogP contribution >= 0.6 is 15.9 Å². The standard InChI is InChI=1S/C15H25BrN2O/c1-5-18(9-8-17-12(2)3)11-13-6-7-15(19-4)14(16)10-13/h6-7,10,12,17H,5,8-9,11H2,1-4H3. The van der Waals surface area contributed by atoms with Gasteiger partial charge in [-0.1, -0.05) is 26.8 Å². The third-order valence-electron chi connectivity index (χ3n) is 3.05. The van der Waals surface area contributed by atoms with Crippen LogP contribution in [0.3, 0.4) is 0 Å². The summed E-state index contributed by atoms with van der Waals surface area (Å²) < 4.78 is 6.27. The highest BCUT2D eigenvalue weighted by Crippen LogP contribution is 2.25. The zero-order chi connectivity index (χ0) is 14.3. The topological polar surface area (TPSA) is 24.5 Å². The van der Waals surface area contributed by atoms with Crippen molar-refractivity contribution in [2.75, 3.05) is 26.7 Å². The number of halogens is 1. The average Bonchev–Trinajstić information content (AvgIpc) is 2.37. The van der Waals surface area contributed by atoms with Gasteiger partial charge < -0.3 is 10.1 Å². The van der Waals surface area contributed by atoms with E-state index in [1.807, 2.05) is 6.07 Å². The molecule has 0 radical (unpaired) electrons. The summed E-state index contributed by atoms with van der Waals surface area (Å²) in [5.41, 5.74) is 1.30. The maximum Gasteiger partial charge on any atom is 0.133 e. The van der Waals surface area contributed by atoms with E-state index >= 15 is 0 Å². The van der Waals surface area contributed by atoms with Crippen molar-refractivity contribution in [1.82, 2.24) is 10.2 Å². The molecular formula is C15H25BrN2O. The van der Waals surface area contributed by atoms with Gasteiger partial charge >= 0.3 is 0 Å². The van der Waals surface area contributed by atoms with Crippen LogP contribution in [0.5, 0.6) is 5.75 Å². The summed E-state index contributed by atoms with van der Waals surface area (Å²) in [5.74, 6) is 0.883. The Hall–Kier alpha value is -0.580. The molecule has 4 heteroatoms. The molecule has 1 rings (SSSR count). The van der Waals surface area contributed by atoms with Crippen molar-refractivity contribution in [2.45, 2.75) is 33.4 Å². The van der Waals surface area contributed by atoms with E-state index in [1.54, 1.807) is 7.11 Å². The maximum atomic E-state index is 5.25. The number of hydrogen-bond acceptors (Lipinski definition) is 3. The van der Waals surface area contributed by atoms with Crippen molar-refractivity contribution in [3.05, 3.63) is 28.2 Å². The largest absolute Gasteiger partial charge is 0.496 e. The van der Waals surface area contributed by atoms with Gasteiger partial charge in [0.2, 0.25) is 0 Å². The lowest BCUT2D eigenvalue weighted by Gasteiger charge is -2.21. The lowest BCUT2D eigenvalue weighted by atomic mass is 10.2. The van der Waals surface area contributed by atoms with E-state index in [0.29, 0.717) is 6.04 Å². The predicted octanol–water partition coefficient (Wildman–Crippen LogP) is 3.28. The molecule has 0 fully saturated rings. The third-order valence-corrected chi connectivity index (χ3v) is 3.67. The van der Waals surface area contributed by atoms with Crippen LogP contribution in [-0.2, 0) is 6.54 Å².